The van der Waals surface area contributed by atoms with Crippen LogP contribution in [0, 0.1) is 0 Å². The van der Waals surface area contributed by atoms with Gasteiger partial charge in [0, 0.05) is 37.9 Å². The van der Waals surface area contributed by atoms with Crippen LogP contribution in [0.3, 0.4) is 0 Å². The summed E-state index contributed by atoms with van der Waals surface area (Å²) in [5.41, 5.74) is 2.81. The fourth-order valence-corrected chi connectivity index (χ4v) is 2.73. The van der Waals surface area contributed by atoms with E-state index in [0.717, 1.165) is 30.5 Å². The Morgan fingerprint density at radius 3 is 2.32 bits per heavy atom. The molecule has 2 aromatic rings. The molecule has 0 radical (unpaired) electrons. The number of hydrogen-bond acceptors (Lipinski definition) is 4. The van der Waals surface area contributed by atoms with Crippen LogP contribution in [0.4, 0.5) is 5.69 Å². The summed E-state index contributed by atoms with van der Waals surface area (Å²) in [6, 6.07) is 15.5. The Labute approximate surface area is 165 Å². The minimum Gasteiger partial charge on any atom is -0.484 e. The fourth-order valence-electron chi connectivity index (χ4n) is 2.73. The van der Waals surface area contributed by atoms with E-state index in [1.54, 1.807) is 0 Å². The molecule has 0 atom stereocenters. The topological polar surface area (TPSA) is 70.7 Å². The van der Waals surface area contributed by atoms with E-state index in [4.69, 9.17) is 4.74 Å². The van der Waals surface area contributed by atoms with E-state index in [-0.39, 0.29) is 18.4 Å². The zero-order valence-corrected chi connectivity index (χ0v) is 16.4. The van der Waals surface area contributed by atoms with Gasteiger partial charge in [-0.15, -0.1) is 0 Å². The van der Waals surface area contributed by atoms with E-state index in [2.05, 4.69) is 10.6 Å². The molecule has 0 saturated heterocycles. The van der Waals surface area contributed by atoms with Crippen molar-refractivity contribution < 1.29 is 14.3 Å². The lowest BCUT2D eigenvalue weighted by Gasteiger charge is -2.12. The summed E-state index contributed by atoms with van der Waals surface area (Å²) in [5, 5.41) is 5.83. The van der Waals surface area contributed by atoms with Gasteiger partial charge in [0.1, 0.15) is 5.75 Å². The zero-order valence-electron chi connectivity index (χ0n) is 16.4. The first-order chi connectivity index (χ1) is 13.5. The number of nitrogens with zero attached hydrogens (tertiary/aromatic N) is 1. The Morgan fingerprint density at radius 1 is 1.04 bits per heavy atom. The third kappa shape index (κ3) is 6.01. The number of amides is 2. The van der Waals surface area contributed by atoms with Crippen LogP contribution in [0.2, 0.25) is 0 Å². The second-order valence-electron chi connectivity index (χ2n) is 7.22. The number of benzene rings is 2. The van der Waals surface area contributed by atoms with Gasteiger partial charge in [0.05, 0.1) is 0 Å². The van der Waals surface area contributed by atoms with E-state index in [1.807, 2.05) is 67.5 Å². The second kappa shape index (κ2) is 9.26. The summed E-state index contributed by atoms with van der Waals surface area (Å²) < 4.78 is 5.49. The molecule has 28 heavy (non-hydrogen) atoms. The number of carbonyl (C=O) groups is 2. The van der Waals surface area contributed by atoms with Gasteiger partial charge >= 0.3 is 0 Å². The third-order valence-electron chi connectivity index (χ3n) is 4.58. The number of rotatable bonds is 9. The predicted octanol–water partition coefficient (Wildman–Crippen LogP) is 2.38. The van der Waals surface area contributed by atoms with Gasteiger partial charge in [-0.3, -0.25) is 9.59 Å². The highest BCUT2D eigenvalue weighted by Gasteiger charge is 2.23. The number of anilines is 1. The van der Waals surface area contributed by atoms with E-state index >= 15 is 0 Å². The Kier molecular flexibility index (Phi) is 6.53. The molecule has 2 amide bonds. The van der Waals surface area contributed by atoms with Crippen LogP contribution < -0.4 is 20.3 Å². The summed E-state index contributed by atoms with van der Waals surface area (Å²) in [5.74, 6) is 0.513. The molecule has 0 heterocycles. The number of carbonyl (C=O) groups excluding carboxylic acids is 2. The lowest BCUT2D eigenvalue weighted by Crippen LogP contribution is -2.30. The summed E-state index contributed by atoms with van der Waals surface area (Å²) >= 11 is 0. The van der Waals surface area contributed by atoms with Crippen molar-refractivity contribution in [3.63, 3.8) is 0 Å². The summed E-state index contributed by atoms with van der Waals surface area (Å²) in [6.45, 7) is 0.594. The summed E-state index contributed by atoms with van der Waals surface area (Å²) in [6.07, 6.45) is 2.86. The number of ether oxygens (including phenoxy) is 1. The summed E-state index contributed by atoms with van der Waals surface area (Å²) in [7, 11) is 3.93. The number of nitrogens with one attached hydrogen (secondary N) is 2. The Hall–Kier alpha value is -3.02. The molecule has 6 nitrogen and oxygen atoms in total. The molecule has 1 fully saturated rings. The van der Waals surface area contributed by atoms with Gasteiger partial charge in [-0.05, 0) is 61.2 Å². The highest BCUT2D eigenvalue weighted by Crippen LogP contribution is 2.18. The van der Waals surface area contributed by atoms with E-state index < -0.39 is 0 Å². The van der Waals surface area contributed by atoms with Crippen molar-refractivity contribution in [3.8, 4) is 5.75 Å². The van der Waals surface area contributed by atoms with Gasteiger partial charge in [-0.1, -0.05) is 12.1 Å². The first-order valence-corrected chi connectivity index (χ1v) is 9.58. The molecule has 0 aromatic heterocycles. The smallest absolute Gasteiger partial charge is 0.258 e. The van der Waals surface area contributed by atoms with Gasteiger partial charge < -0.3 is 20.3 Å². The molecule has 0 unspecified atom stereocenters. The minimum absolute atomic E-state index is 0.0402. The van der Waals surface area contributed by atoms with Crippen molar-refractivity contribution in [2.24, 2.45) is 0 Å². The highest BCUT2D eigenvalue weighted by atomic mass is 16.5. The highest BCUT2D eigenvalue weighted by molar-refractivity contribution is 5.94. The molecule has 0 spiro atoms. The molecule has 1 aliphatic carbocycles. The van der Waals surface area contributed by atoms with Crippen LogP contribution in [0.15, 0.2) is 48.5 Å². The molecule has 148 valence electrons. The largest absolute Gasteiger partial charge is 0.484 e. The number of hydrogen-bond donors (Lipinski definition) is 2. The molecule has 0 aliphatic heterocycles. The van der Waals surface area contributed by atoms with Gasteiger partial charge in [-0.2, -0.15) is 0 Å². The van der Waals surface area contributed by atoms with Crippen molar-refractivity contribution in [2.45, 2.75) is 25.3 Å². The van der Waals surface area contributed by atoms with Crippen LogP contribution in [0.1, 0.15) is 28.8 Å². The minimum atomic E-state index is -0.0769. The molecule has 6 heteroatoms. The van der Waals surface area contributed by atoms with Crippen LogP contribution in [-0.2, 0) is 11.2 Å². The lowest BCUT2D eigenvalue weighted by molar-refractivity contribution is -0.123. The maximum Gasteiger partial charge on any atom is 0.258 e. The van der Waals surface area contributed by atoms with Gasteiger partial charge in [-0.25, -0.2) is 0 Å². The maximum absolute atomic E-state index is 12.2. The van der Waals surface area contributed by atoms with Gasteiger partial charge in [0.15, 0.2) is 6.61 Å². The Balaban J connectivity index is 1.39. The Morgan fingerprint density at radius 2 is 1.71 bits per heavy atom. The van der Waals surface area contributed by atoms with Crippen LogP contribution in [0.5, 0.6) is 5.75 Å². The van der Waals surface area contributed by atoms with E-state index in [0.29, 0.717) is 23.9 Å². The molecule has 2 N–H and O–H groups in total. The maximum atomic E-state index is 12.2. The SMILES string of the molecule is CN(C)c1ccc(C(=O)NCCc2ccc(OCC(=O)NC3CC3)cc2)cc1. The molecule has 1 saturated carbocycles. The standard InChI is InChI=1S/C22H27N3O3/c1-25(2)19-9-5-17(6-10-19)22(27)23-14-13-16-3-11-20(12-4-16)28-15-21(26)24-18-7-8-18/h3-6,9-12,18H,7-8,13-15H2,1-2H3,(H,23,27)(H,24,26). The lowest BCUT2D eigenvalue weighted by atomic mass is 10.1. The average molecular weight is 381 g/mol. The van der Waals surface area contributed by atoms with Crippen molar-refractivity contribution >= 4 is 17.5 Å². The van der Waals surface area contributed by atoms with Crippen molar-refractivity contribution in [1.29, 1.82) is 0 Å². The van der Waals surface area contributed by atoms with Crippen LogP contribution in [-0.4, -0.2) is 45.1 Å². The first kappa shape index (κ1) is 19.7. The third-order valence-corrected chi connectivity index (χ3v) is 4.58. The quantitative estimate of drug-likeness (QED) is 0.700. The van der Waals surface area contributed by atoms with Crippen LogP contribution in [0.25, 0.3) is 0 Å². The van der Waals surface area contributed by atoms with Gasteiger partial charge in [0.25, 0.3) is 11.8 Å². The van der Waals surface area contributed by atoms with Crippen molar-refractivity contribution in [2.75, 3.05) is 32.1 Å². The fraction of sp³-hybridized carbons (Fsp3) is 0.364. The Bertz CT molecular complexity index is 797. The predicted molar refractivity (Wildman–Crippen MR) is 110 cm³/mol. The van der Waals surface area contributed by atoms with Crippen LogP contribution >= 0.6 is 0 Å². The monoisotopic (exact) mass is 381 g/mol. The van der Waals surface area contributed by atoms with E-state index in [9.17, 15) is 9.59 Å². The average Bonchev–Trinajstić information content (AvgIpc) is 3.51. The second-order valence-corrected chi connectivity index (χ2v) is 7.22. The van der Waals surface area contributed by atoms with Crippen molar-refractivity contribution in [3.05, 3.63) is 59.7 Å². The first-order valence-electron chi connectivity index (χ1n) is 9.58. The molecular formula is C22H27N3O3. The van der Waals surface area contributed by atoms with Gasteiger partial charge in [0.2, 0.25) is 0 Å². The van der Waals surface area contributed by atoms with E-state index in [1.165, 1.54) is 0 Å². The molecule has 0 bridgehead atoms. The zero-order chi connectivity index (χ0) is 19.9. The molecule has 2 aromatic carbocycles. The molecule has 3 rings (SSSR count). The van der Waals surface area contributed by atoms with Crippen molar-refractivity contribution in [1.82, 2.24) is 10.6 Å². The normalized spacial score (nSPS) is 12.9. The summed E-state index contributed by atoms with van der Waals surface area (Å²) in [4.78, 5) is 25.8. The molecule has 1 aliphatic rings. The molecular weight excluding hydrogens is 354 g/mol.